The molecule has 0 aliphatic heterocycles. The molecule has 0 radical (unpaired) electrons. The molecule has 0 saturated heterocycles. The van der Waals surface area contributed by atoms with Crippen molar-refractivity contribution in [3.8, 4) is 0 Å². The zero-order valence-electron chi connectivity index (χ0n) is 10.4. The van der Waals surface area contributed by atoms with Crippen molar-refractivity contribution < 1.29 is 14.7 Å². The van der Waals surface area contributed by atoms with E-state index in [2.05, 4.69) is 21.2 Å². The Labute approximate surface area is 138 Å². The van der Waals surface area contributed by atoms with Gasteiger partial charge in [0.05, 0.1) is 21.3 Å². The van der Waals surface area contributed by atoms with Crippen LogP contribution in [0.2, 0.25) is 10.0 Å². The third-order valence-corrected chi connectivity index (χ3v) is 4.28. The van der Waals surface area contributed by atoms with Crippen LogP contribution >= 0.6 is 39.1 Å². The van der Waals surface area contributed by atoms with Gasteiger partial charge in [0, 0.05) is 4.47 Å². The number of hydrogen-bond acceptors (Lipinski definition) is 2. The van der Waals surface area contributed by atoms with Gasteiger partial charge in [0.25, 0.3) is 5.91 Å². The first kappa shape index (κ1) is 15.8. The van der Waals surface area contributed by atoms with Crippen LogP contribution in [-0.4, -0.2) is 17.0 Å². The van der Waals surface area contributed by atoms with Crippen LogP contribution in [-0.2, 0) is 0 Å². The summed E-state index contributed by atoms with van der Waals surface area (Å²) < 4.78 is 0.571. The first-order valence-corrected chi connectivity index (χ1v) is 7.24. The highest BCUT2D eigenvalue weighted by Gasteiger charge is 2.18. The number of aromatic carboxylic acids is 1. The Morgan fingerprint density at radius 2 is 1.76 bits per heavy atom. The average molecular weight is 389 g/mol. The number of benzene rings is 2. The summed E-state index contributed by atoms with van der Waals surface area (Å²) in [6, 6.07) is 9.33. The lowest BCUT2D eigenvalue weighted by Gasteiger charge is -2.11. The zero-order valence-corrected chi connectivity index (χ0v) is 13.5. The summed E-state index contributed by atoms with van der Waals surface area (Å²) in [5.41, 5.74) is 0.164. The number of carbonyl (C=O) groups excluding carboxylic acids is 1. The molecule has 7 heteroatoms. The van der Waals surface area contributed by atoms with E-state index in [0.717, 1.165) is 0 Å². The maximum Gasteiger partial charge on any atom is 0.339 e. The SMILES string of the molecule is O=C(Nc1cccc(Cl)c1C(=O)O)c1cccc(Br)c1Cl. The number of halogens is 3. The molecule has 0 spiro atoms. The van der Waals surface area contributed by atoms with Crippen LogP contribution in [0.4, 0.5) is 5.69 Å². The first-order valence-electron chi connectivity index (χ1n) is 5.69. The van der Waals surface area contributed by atoms with Crippen molar-refractivity contribution >= 4 is 56.7 Å². The standard InChI is InChI=1S/C14H8BrCl2NO3/c15-8-4-1-3-7(12(8)17)13(19)18-10-6-2-5-9(16)11(10)14(20)21/h1-6H,(H,18,19)(H,20,21). The third-order valence-electron chi connectivity index (χ3n) is 2.67. The molecule has 0 fully saturated rings. The van der Waals surface area contributed by atoms with Crippen LogP contribution in [0.3, 0.4) is 0 Å². The fourth-order valence-electron chi connectivity index (χ4n) is 1.71. The molecule has 1 amide bonds. The topological polar surface area (TPSA) is 66.4 Å². The van der Waals surface area contributed by atoms with E-state index in [9.17, 15) is 9.59 Å². The summed E-state index contributed by atoms with van der Waals surface area (Å²) in [5.74, 6) is -1.75. The van der Waals surface area contributed by atoms with Gasteiger partial charge in [-0.15, -0.1) is 0 Å². The van der Waals surface area contributed by atoms with Gasteiger partial charge in [0.15, 0.2) is 0 Å². The molecule has 0 heterocycles. The Balaban J connectivity index is 2.39. The normalized spacial score (nSPS) is 10.2. The van der Waals surface area contributed by atoms with E-state index < -0.39 is 11.9 Å². The molecule has 2 N–H and O–H groups in total. The number of carboxylic acid groups (broad SMARTS) is 1. The Morgan fingerprint density at radius 1 is 1.10 bits per heavy atom. The van der Waals surface area contributed by atoms with Crippen molar-refractivity contribution in [2.75, 3.05) is 5.32 Å². The second kappa shape index (κ2) is 6.47. The Kier molecular flexibility index (Phi) is 4.88. The number of carbonyl (C=O) groups is 2. The Hall–Kier alpha value is -1.56. The highest BCUT2D eigenvalue weighted by Crippen LogP contribution is 2.28. The summed E-state index contributed by atoms with van der Waals surface area (Å²) in [5, 5.41) is 12.0. The number of anilines is 1. The van der Waals surface area contributed by atoms with E-state index in [1.807, 2.05) is 0 Å². The van der Waals surface area contributed by atoms with Crippen LogP contribution in [0.25, 0.3) is 0 Å². The number of hydrogen-bond donors (Lipinski definition) is 2. The summed E-state index contributed by atoms with van der Waals surface area (Å²) in [6.07, 6.45) is 0. The molecule has 0 unspecified atom stereocenters. The molecular formula is C14H8BrCl2NO3. The van der Waals surface area contributed by atoms with Crippen molar-refractivity contribution in [1.29, 1.82) is 0 Å². The number of rotatable bonds is 3. The first-order chi connectivity index (χ1) is 9.91. The highest BCUT2D eigenvalue weighted by molar-refractivity contribution is 9.10. The smallest absolute Gasteiger partial charge is 0.339 e. The fourth-order valence-corrected chi connectivity index (χ4v) is 2.55. The van der Waals surface area contributed by atoms with Crippen molar-refractivity contribution in [1.82, 2.24) is 0 Å². The molecule has 0 bridgehead atoms. The molecular weight excluding hydrogens is 381 g/mol. The molecule has 21 heavy (non-hydrogen) atoms. The number of amides is 1. The monoisotopic (exact) mass is 387 g/mol. The zero-order chi connectivity index (χ0) is 15.6. The molecule has 0 saturated carbocycles. The molecule has 4 nitrogen and oxygen atoms in total. The minimum Gasteiger partial charge on any atom is -0.478 e. The van der Waals surface area contributed by atoms with Crippen molar-refractivity contribution in [3.05, 3.63) is 62.0 Å². The van der Waals surface area contributed by atoms with Crippen LogP contribution in [0, 0.1) is 0 Å². The van der Waals surface area contributed by atoms with Gasteiger partial charge in [-0.25, -0.2) is 4.79 Å². The predicted octanol–water partition coefficient (Wildman–Crippen LogP) is 4.71. The maximum atomic E-state index is 12.2. The lowest BCUT2D eigenvalue weighted by Crippen LogP contribution is -2.15. The van der Waals surface area contributed by atoms with Gasteiger partial charge in [0.2, 0.25) is 0 Å². The van der Waals surface area contributed by atoms with Crippen LogP contribution in [0.5, 0.6) is 0 Å². The van der Waals surface area contributed by atoms with Crippen LogP contribution < -0.4 is 5.32 Å². The average Bonchev–Trinajstić information content (AvgIpc) is 2.41. The minimum atomic E-state index is -1.23. The minimum absolute atomic E-state index is 0.0423. The molecule has 0 aliphatic carbocycles. The van der Waals surface area contributed by atoms with E-state index in [-0.39, 0.29) is 26.9 Å². The quantitative estimate of drug-likeness (QED) is 0.800. The van der Waals surface area contributed by atoms with Gasteiger partial charge in [-0.2, -0.15) is 0 Å². The second-order valence-corrected chi connectivity index (χ2v) is 5.66. The molecule has 0 aromatic heterocycles. The Morgan fingerprint density at radius 3 is 2.43 bits per heavy atom. The molecule has 2 aromatic carbocycles. The van der Waals surface area contributed by atoms with Crippen LogP contribution in [0.1, 0.15) is 20.7 Å². The van der Waals surface area contributed by atoms with E-state index in [1.165, 1.54) is 18.2 Å². The number of carboxylic acids is 1. The molecule has 2 aromatic rings. The van der Waals surface area contributed by atoms with Gasteiger partial charge >= 0.3 is 5.97 Å². The van der Waals surface area contributed by atoms with E-state index >= 15 is 0 Å². The predicted molar refractivity (Wildman–Crippen MR) is 85.5 cm³/mol. The summed E-state index contributed by atoms with van der Waals surface area (Å²) in [4.78, 5) is 23.4. The van der Waals surface area contributed by atoms with Gasteiger partial charge < -0.3 is 10.4 Å². The number of nitrogens with one attached hydrogen (secondary N) is 1. The van der Waals surface area contributed by atoms with E-state index in [1.54, 1.807) is 18.2 Å². The fraction of sp³-hybridized carbons (Fsp3) is 0. The van der Waals surface area contributed by atoms with Gasteiger partial charge in [0.1, 0.15) is 5.56 Å². The summed E-state index contributed by atoms with van der Waals surface area (Å²) in [6.45, 7) is 0. The summed E-state index contributed by atoms with van der Waals surface area (Å²) >= 11 is 15.1. The maximum absolute atomic E-state index is 12.2. The van der Waals surface area contributed by atoms with E-state index in [4.69, 9.17) is 28.3 Å². The largest absolute Gasteiger partial charge is 0.478 e. The molecule has 108 valence electrons. The van der Waals surface area contributed by atoms with E-state index in [0.29, 0.717) is 4.47 Å². The third kappa shape index (κ3) is 3.37. The van der Waals surface area contributed by atoms with Gasteiger partial charge in [-0.3, -0.25) is 4.79 Å². The molecule has 0 aliphatic rings. The lowest BCUT2D eigenvalue weighted by molar-refractivity contribution is 0.0698. The highest BCUT2D eigenvalue weighted by atomic mass is 79.9. The molecule has 0 atom stereocenters. The van der Waals surface area contributed by atoms with Gasteiger partial charge in [-0.05, 0) is 40.2 Å². The van der Waals surface area contributed by atoms with Crippen LogP contribution in [0.15, 0.2) is 40.9 Å². The lowest BCUT2D eigenvalue weighted by atomic mass is 10.1. The van der Waals surface area contributed by atoms with Gasteiger partial charge in [-0.1, -0.05) is 35.3 Å². The van der Waals surface area contributed by atoms with Crippen molar-refractivity contribution in [2.24, 2.45) is 0 Å². The van der Waals surface area contributed by atoms with Crippen molar-refractivity contribution in [3.63, 3.8) is 0 Å². The Bertz CT molecular complexity index is 734. The summed E-state index contributed by atoms with van der Waals surface area (Å²) in [7, 11) is 0. The molecule has 2 rings (SSSR count). The second-order valence-electron chi connectivity index (χ2n) is 4.02. The van der Waals surface area contributed by atoms with Crippen molar-refractivity contribution in [2.45, 2.75) is 0 Å².